The topological polar surface area (TPSA) is 98.7 Å². The van der Waals surface area contributed by atoms with E-state index in [0.717, 1.165) is 25.7 Å². The van der Waals surface area contributed by atoms with Crippen molar-refractivity contribution in [1.82, 2.24) is 15.5 Å². The van der Waals surface area contributed by atoms with Crippen LogP contribution in [0.5, 0.6) is 0 Å². The Labute approximate surface area is 118 Å². The van der Waals surface area contributed by atoms with Crippen LogP contribution in [0.15, 0.2) is 0 Å². The van der Waals surface area contributed by atoms with Crippen LogP contribution >= 0.6 is 0 Å². The van der Waals surface area contributed by atoms with Crippen molar-refractivity contribution in [1.29, 1.82) is 0 Å². The molecule has 0 heterocycles. The van der Waals surface area contributed by atoms with E-state index >= 15 is 0 Å². The molecule has 7 heteroatoms. The summed E-state index contributed by atoms with van der Waals surface area (Å²) in [6.45, 7) is 1.89. The second-order valence-corrected chi connectivity index (χ2v) is 4.91. The van der Waals surface area contributed by atoms with Crippen molar-refractivity contribution in [2.24, 2.45) is 0 Å². The van der Waals surface area contributed by atoms with Crippen LogP contribution in [-0.2, 0) is 9.59 Å². The van der Waals surface area contributed by atoms with Crippen molar-refractivity contribution in [3.05, 3.63) is 0 Å². The van der Waals surface area contributed by atoms with Gasteiger partial charge in [-0.1, -0.05) is 19.3 Å². The van der Waals surface area contributed by atoms with Gasteiger partial charge < -0.3 is 20.6 Å². The molecule has 3 N–H and O–H groups in total. The number of carboxylic acids is 1. The Bertz CT molecular complexity index is 354. The molecule has 1 rings (SSSR count). The van der Waals surface area contributed by atoms with Crippen molar-refractivity contribution in [3.63, 3.8) is 0 Å². The second-order valence-electron chi connectivity index (χ2n) is 4.91. The smallest absolute Gasteiger partial charge is 0.322 e. The first-order valence-electron chi connectivity index (χ1n) is 7.07. The van der Waals surface area contributed by atoms with Gasteiger partial charge in [-0.3, -0.25) is 9.59 Å². The Kier molecular flexibility index (Phi) is 6.83. The van der Waals surface area contributed by atoms with E-state index in [1.807, 2.05) is 6.92 Å². The largest absolute Gasteiger partial charge is 0.480 e. The standard InChI is InChI=1S/C13H23N3O4/c1-2-16(10-6-4-3-5-7-10)13(20)15-8-11(17)14-9-12(18)19/h10H,2-9H2,1H3,(H,14,17)(H,15,20)(H,18,19). The highest BCUT2D eigenvalue weighted by Gasteiger charge is 2.24. The van der Waals surface area contributed by atoms with Crippen LogP contribution < -0.4 is 10.6 Å². The van der Waals surface area contributed by atoms with Gasteiger partial charge in [-0.05, 0) is 19.8 Å². The van der Waals surface area contributed by atoms with Gasteiger partial charge in [0.25, 0.3) is 0 Å². The molecule has 1 aliphatic rings. The summed E-state index contributed by atoms with van der Waals surface area (Å²) in [4.78, 5) is 35.4. The van der Waals surface area contributed by atoms with E-state index < -0.39 is 18.4 Å². The number of amides is 3. The Morgan fingerprint density at radius 1 is 1.10 bits per heavy atom. The molecule has 1 aliphatic carbocycles. The van der Waals surface area contributed by atoms with Crippen molar-refractivity contribution >= 4 is 17.9 Å². The minimum Gasteiger partial charge on any atom is -0.480 e. The fourth-order valence-electron chi connectivity index (χ4n) is 2.45. The number of carboxylic acid groups (broad SMARTS) is 1. The van der Waals surface area contributed by atoms with Gasteiger partial charge in [-0.15, -0.1) is 0 Å². The van der Waals surface area contributed by atoms with Crippen LogP contribution in [0.25, 0.3) is 0 Å². The lowest BCUT2D eigenvalue weighted by atomic mass is 9.94. The summed E-state index contributed by atoms with van der Waals surface area (Å²) in [6.07, 6.45) is 5.49. The van der Waals surface area contributed by atoms with E-state index in [1.54, 1.807) is 4.90 Å². The minimum absolute atomic E-state index is 0.199. The zero-order chi connectivity index (χ0) is 15.0. The quantitative estimate of drug-likeness (QED) is 0.663. The van der Waals surface area contributed by atoms with Crippen LogP contribution in [0.4, 0.5) is 4.79 Å². The van der Waals surface area contributed by atoms with Crippen molar-refractivity contribution in [2.75, 3.05) is 19.6 Å². The van der Waals surface area contributed by atoms with E-state index in [4.69, 9.17) is 5.11 Å². The van der Waals surface area contributed by atoms with E-state index in [9.17, 15) is 14.4 Å². The Morgan fingerprint density at radius 3 is 2.30 bits per heavy atom. The maximum Gasteiger partial charge on any atom is 0.322 e. The van der Waals surface area contributed by atoms with Crippen LogP contribution in [0.3, 0.4) is 0 Å². The van der Waals surface area contributed by atoms with E-state index in [2.05, 4.69) is 10.6 Å². The number of carbonyl (C=O) groups is 3. The summed E-state index contributed by atoms with van der Waals surface area (Å²) >= 11 is 0. The number of nitrogens with one attached hydrogen (secondary N) is 2. The van der Waals surface area contributed by atoms with Gasteiger partial charge in [0.05, 0.1) is 6.54 Å². The first-order valence-corrected chi connectivity index (χ1v) is 7.07. The Morgan fingerprint density at radius 2 is 1.75 bits per heavy atom. The molecule has 0 aromatic heterocycles. The molecule has 0 unspecified atom stereocenters. The highest BCUT2D eigenvalue weighted by Crippen LogP contribution is 2.22. The Balaban J connectivity index is 2.35. The van der Waals surface area contributed by atoms with Crippen LogP contribution in [0, 0.1) is 0 Å². The number of aliphatic carboxylic acids is 1. The molecule has 0 aliphatic heterocycles. The SMILES string of the molecule is CCN(C(=O)NCC(=O)NCC(=O)O)C1CCCCC1. The van der Waals surface area contributed by atoms with Gasteiger partial charge in [0.2, 0.25) is 5.91 Å². The molecule has 20 heavy (non-hydrogen) atoms. The van der Waals surface area contributed by atoms with E-state index in [0.29, 0.717) is 6.54 Å². The molecular formula is C13H23N3O4. The van der Waals surface area contributed by atoms with Gasteiger partial charge in [-0.25, -0.2) is 4.79 Å². The second kappa shape index (κ2) is 8.39. The lowest BCUT2D eigenvalue weighted by molar-refractivity contribution is -0.137. The van der Waals surface area contributed by atoms with Gasteiger partial charge in [-0.2, -0.15) is 0 Å². The summed E-state index contributed by atoms with van der Waals surface area (Å²) < 4.78 is 0. The molecule has 0 aromatic carbocycles. The minimum atomic E-state index is -1.11. The molecule has 3 amide bonds. The molecule has 114 valence electrons. The summed E-state index contributed by atoms with van der Waals surface area (Å²) in [5, 5.41) is 13.2. The molecule has 0 atom stereocenters. The molecule has 7 nitrogen and oxygen atoms in total. The molecule has 0 aromatic rings. The fourth-order valence-corrected chi connectivity index (χ4v) is 2.45. The normalized spacial score (nSPS) is 15.4. The van der Waals surface area contributed by atoms with Crippen molar-refractivity contribution in [2.45, 2.75) is 45.1 Å². The van der Waals surface area contributed by atoms with Gasteiger partial charge >= 0.3 is 12.0 Å². The number of rotatable bonds is 6. The molecule has 0 spiro atoms. The molecular weight excluding hydrogens is 262 g/mol. The van der Waals surface area contributed by atoms with Gasteiger partial charge in [0.1, 0.15) is 6.54 Å². The monoisotopic (exact) mass is 285 g/mol. The zero-order valence-corrected chi connectivity index (χ0v) is 11.9. The molecule has 0 saturated heterocycles. The summed E-state index contributed by atoms with van der Waals surface area (Å²) in [5.74, 6) is -1.61. The third-order valence-electron chi connectivity index (χ3n) is 3.45. The van der Waals surface area contributed by atoms with Gasteiger partial charge in [0.15, 0.2) is 0 Å². The third-order valence-corrected chi connectivity index (χ3v) is 3.45. The number of nitrogens with zero attached hydrogens (tertiary/aromatic N) is 1. The lowest BCUT2D eigenvalue weighted by Crippen LogP contribution is -2.49. The van der Waals surface area contributed by atoms with E-state index in [-0.39, 0.29) is 18.6 Å². The average molecular weight is 285 g/mol. The fraction of sp³-hybridized carbons (Fsp3) is 0.769. The highest BCUT2D eigenvalue weighted by molar-refractivity contribution is 5.86. The maximum absolute atomic E-state index is 12.0. The summed E-state index contributed by atoms with van der Waals surface area (Å²) in [5.41, 5.74) is 0. The van der Waals surface area contributed by atoms with Crippen LogP contribution in [-0.4, -0.2) is 53.6 Å². The summed E-state index contributed by atoms with van der Waals surface area (Å²) in [6, 6.07) is -0.0132. The maximum atomic E-state index is 12.0. The first-order chi connectivity index (χ1) is 9.54. The molecule has 1 fully saturated rings. The predicted molar refractivity (Wildman–Crippen MR) is 73.3 cm³/mol. The van der Waals surface area contributed by atoms with Crippen molar-refractivity contribution < 1.29 is 19.5 Å². The van der Waals surface area contributed by atoms with Crippen LogP contribution in [0.2, 0.25) is 0 Å². The average Bonchev–Trinajstić information content (AvgIpc) is 2.45. The summed E-state index contributed by atoms with van der Waals surface area (Å²) in [7, 11) is 0. The highest BCUT2D eigenvalue weighted by atomic mass is 16.4. The third kappa shape index (κ3) is 5.46. The molecule has 1 saturated carbocycles. The number of carbonyl (C=O) groups excluding carboxylic acids is 2. The molecule has 0 radical (unpaired) electrons. The van der Waals surface area contributed by atoms with Gasteiger partial charge in [0, 0.05) is 12.6 Å². The number of hydrogen-bond acceptors (Lipinski definition) is 3. The Hall–Kier alpha value is -1.79. The number of urea groups is 1. The molecule has 0 bridgehead atoms. The zero-order valence-electron chi connectivity index (χ0n) is 11.9. The number of hydrogen-bond donors (Lipinski definition) is 3. The predicted octanol–water partition coefficient (Wildman–Crippen LogP) is 0.551. The first kappa shape index (κ1) is 16.3. The van der Waals surface area contributed by atoms with Crippen molar-refractivity contribution in [3.8, 4) is 0 Å². The van der Waals surface area contributed by atoms with E-state index in [1.165, 1.54) is 6.42 Å². The van der Waals surface area contributed by atoms with Crippen LogP contribution in [0.1, 0.15) is 39.0 Å². The lowest BCUT2D eigenvalue weighted by Gasteiger charge is -2.33.